The summed E-state index contributed by atoms with van der Waals surface area (Å²) in [6.07, 6.45) is 0. The number of halogens is 1. The van der Waals surface area contributed by atoms with Crippen LogP contribution in [0, 0.1) is 10.1 Å². The molecule has 2 N–H and O–H groups in total. The van der Waals surface area contributed by atoms with Crippen molar-refractivity contribution < 1.29 is 14.5 Å². The van der Waals surface area contributed by atoms with E-state index in [0.717, 1.165) is 0 Å². The van der Waals surface area contributed by atoms with Crippen LogP contribution in [0.2, 0.25) is 5.02 Å². The van der Waals surface area contributed by atoms with Gasteiger partial charge < -0.3 is 15.4 Å². The summed E-state index contributed by atoms with van der Waals surface area (Å²) in [6.45, 7) is 1.77. The first-order valence-electron chi connectivity index (χ1n) is 11.2. The fraction of sp³-hybridized carbons (Fsp3) is 0.115. The highest BCUT2D eigenvalue weighted by Gasteiger charge is 2.35. The van der Waals surface area contributed by atoms with Gasteiger partial charge in [0.1, 0.15) is 11.8 Å². The molecule has 5 rings (SSSR count). The second-order valence-corrected chi connectivity index (χ2v) is 8.72. The second kappa shape index (κ2) is 9.75. The Kier molecular flexibility index (Phi) is 6.33. The first-order valence-corrected chi connectivity index (χ1v) is 11.6. The largest absolute Gasteiger partial charge is 0.495 e. The van der Waals surface area contributed by atoms with Gasteiger partial charge in [0, 0.05) is 28.4 Å². The fourth-order valence-electron chi connectivity index (χ4n) is 4.22. The molecule has 2 heterocycles. The lowest BCUT2D eigenvalue weighted by Crippen LogP contribution is -2.31. The van der Waals surface area contributed by atoms with Crippen molar-refractivity contribution in [3.8, 4) is 17.1 Å². The van der Waals surface area contributed by atoms with Crippen molar-refractivity contribution in [2.24, 2.45) is 0 Å². The van der Waals surface area contributed by atoms with Crippen LogP contribution in [0.3, 0.4) is 0 Å². The number of rotatable bonds is 6. The number of aromatic nitrogens is 3. The maximum absolute atomic E-state index is 13.7. The van der Waals surface area contributed by atoms with E-state index in [1.165, 1.54) is 19.2 Å². The Bertz CT molecular complexity index is 1550. The Morgan fingerprint density at radius 3 is 2.59 bits per heavy atom. The van der Waals surface area contributed by atoms with Crippen LogP contribution in [0.4, 0.5) is 17.3 Å². The number of allylic oxidation sites excluding steroid dienone is 1. The van der Waals surface area contributed by atoms with Crippen LogP contribution in [-0.4, -0.2) is 32.7 Å². The molecule has 1 aliphatic rings. The number of para-hydroxylation sites is 2. The summed E-state index contributed by atoms with van der Waals surface area (Å²) >= 11 is 6.17. The van der Waals surface area contributed by atoms with E-state index in [-0.39, 0.29) is 11.6 Å². The zero-order valence-electron chi connectivity index (χ0n) is 19.8. The van der Waals surface area contributed by atoms with Gasteiger partial charge in [-0.3, -0.25) is 14.9 Å². The average molecular weight is 517 g/mol. The van der Waals surface area contributed by atoms with Gasteiger partial charge in [0.15, 0.2) is 5.82 Å². The van der Waals surface area contributed by atoms with E-state index >= 15 is 0 Å². The molecule has 0 aliphatic carbocycles. The molecule has 0 saturated heterocycles. The van der Waals surface area contributed by atoms with Crippen molar-refractivity contribution in [3.05, 3.63) is 105 Å². The van der Waals surface area contributed by atoms with Gasteiger partial charge in [-0.05, 0) is 48.9 Å². The Hall–Kier alpha value is -4.70. The Labute approximate surface area is 216 Å². The third-order valence-electron chi connectivity index (χ3n) is 5.95. The summed E-state index contributed by atoms with van der Waals surface area (Å²) in [5.74, 6) is 0.957. The topological polar surface area (TPSA) is 124 Å². The number of hydrogen-bond acceptors (Lipinski definition) is 7. The summed E-state index contributed by atoms with van der Waals surface area (Å²) in [7, 11) is 1.52. The zero-order valence-corrected chi connectivity index (χ0v) is 20.6. The minimum absolute atomic E-state index is 0.0585. The molecule has 4 aromatic rings. The monoisotopic (exact) mass is 516 g/mol. The number of carbonyl (C=O) groups is 1. The van der Waals surface area contributed by atoms with Crippen molar-refractivity contribution in [1.29, 1.82) is 0 Å². The second-order valence-electron chi connectivity index (χ2n) is 8.28. The first kappa shape index (κ1) is 24.0. The van der Waals surface area contributed by atoms with E-state index in [9.17, 15) is 14.9 Å². The molecule has 11 heteroatoms. The van der Waals surface area contributed by atoms with Gasteiger partial charge in [-0.15, -0.1) is 5.10 Å². The van der Waals surface area contributed by atoms with Gasteiger partial charge in [0.2, 0.25) is 5.95 Å². The van der Waals surface area contributed by atoms with Gasteiger partial charge in [-0.2, -0.15) is 4.98 Å². The average Bonchev–Trinajstić information content (AvgIpc) is 3.32. The molecule has 1 unspecified atom stereocenters. The summed E-state index contributed by atoms with van der Waals surface area (Å²) in [6, 6.07) is 19.5. The molecule has 186 valence electrons. The first-order chi connectivity index (χ1) is 17.9. The van der Waals surface area contributed by atoms with Gasteiger partial charge in [0.25, 0.3) is 11.6 Å². The molecule has 1 atom stereocenters. The molecule has 1 aliphatic heterocycles. The van der Waals surface area contributed by atoms with Crippen molar-refractivity contribution in [2.75, 3.05) is 17.7 Å². The molecule has 0 bridgehead atoms. The van der Waals surface area contributed by atoms with Crippen LogP contribution in [-0.2, 0) is 4.79 Å². The molecule has 0 saturated carbocycles. The highest BCUT2D eigenvalue weighted by atomic mass is 35.5. The number of methoxy groups -OCH3 is 1. The normalized spacial score (nSPS) is 14.5. The van der Waals surface area contributed by atoms with E-state index in [4.69, 9.17) is 21.4 Å². The lowest BCUT2D eigenvalue weighted by atomic mass is 9.95. The number of anilines is 2. The van der Waals surface area contributed by atoms with E-state index < -0.39 is 11.0 Å². The minimum Gasteiger partial charge on any atom is -0.495 e. The number of non-ortho nitro benzene ring substituents is 1. The number of fused-ring (bicyclic) bond motifs is 1. The van der Waals surface area contributed by atoms with Crippen molar-refractivity contribution in [2.45, 2.75) is 13.0 Å². The van der Waals surface area contributed by atoms with Gasteiger partial charge in [-0.25, -0.2) is 4.68 Å². The van der Waals surface area contributed by atoms with Crippen molar-refractivity contribution in [1.82, 2.24) is 14.8 Å². The van der Waals surface area contributed by atoms with Crippen LogP contribution in [0.5, 0.6) is 5.75 Å². The summed E-state index contributed by atoms with van der Waals surface area (Å²) in [5, 5.41) is 22.6. The molecule has 3 aromatic carbocycles. The van der Waals surface area contributed by atoms with Crippen LogP contribution >= 0.6 is 11.6 Å². The number of amides is 1. The van der Waals surface area contributed by atoms with E-state index in [0.29, 0.717) is 50.6 Å². The van der Waals surface area contributed by atoms with Gasteiger partial charge in [-0.1, -0.05) is 35.9 Å². The molecular formula is C26H21ClN6O4. The van der Waals surface area contributed by atoms with E-state index in [1.54, 1.807) is 66.2 Å². The smallest absolute Gasteiger partial charge is 0.269 e. The number of nitro groups is 1. The molecular weight excluding hydrogens is 496 g/mol. The number of carbonyl (C=O) groups excluding carboxylic acids is 1. The zero-order chi connectivity index (χ0) is 26.1. The fourth-order valence-corrected chi connectivity index (χ4v) is 4.41. The lowest BCUT2D eigenvalue weighted by molar-refractivity contribution is -0.384. The molecule has 0 radical (unpaired) electrons. The lowest BCUT2D eigenvalue weighted by Gasteiger charge is -2.28. The van der Waals surface area contributed by atoms with Crippen LogP contribution in [0.1, 0.15) is 18.5 Å². The predicted molar refractivity (Wildman–Crippen MR) is 140 cm³/mol. The number of nitro benzene ring substituents is 1. The Morgan fingerprint density at radius 2 is 1.89 bits per heavy atom. The number of ether oxygens (including phenoxy) is 1. The molecule has 1 amide bonds. The molecule has 0 fully saturated rings. The molecule has 10 nitrogen and oxygen atoms in total. The highest BCUT2D eigenvalue weighted by molar-refractivity contribution is 6.30. The Balaban J connectivity index is 1.61. The quantitative estimate of drug-likeness (QED) is 0.258. The summed E-state index contributed by atoms with van der Waals surface area (Å²) in [5.41, 5.74) is 2.71. The summed E-state index contributed by atoms with van der Waals surface area (Å²) < 4.78 is 6.98. The number of benzene rings is 3. The minimum atomic E-state index is -0.716. The predicted octanol–water partition coefficient (Wildman–Crippen LogP) is 5.44. The third-order valence-corrected chi connectivity index (χ3v) is 6.19. The molecule has 0 spiro atoms. The number of nitrogens with one attached hydrogen (secondary N) is 2. The maximum Gasteiger partial charge on any atom is 0.269 e. The van der Waals surface area contributed by atoms with Crippen LogP contribution in [0.15, 0.2) is 84.1 Å². The van der Waals surface area contributed by atoms with Gasteiger partial charge >= 0.3 is 0 Å². The molecule has 1 aromatic heterocycles. The highest BCUT2D eigenvalue weighted by Crippen LogP contribution is 2.38. The number of hydrogen-bond donors (Lipinski definition) is 2. The number of nitrogens with zero attached hydrogens (tertiary/aromatic N) is 4. The van der Waals surface area contributed by atoms with Crippen molar-refractivity contribution in [3.63, 3.8) is 0 Å². The van der Waals surface area contributed by atoms with Crippen LogP contribution < -0.4 is 15.4 Å². The van der Waals surface area contributed by atoms with E-state index in [2.05, 4.69) is 15.6 Å². The molecule has 37 heavy (non-hydrogen) atoms. The standard InChI is InChI=1S/C26H21ClN6O4/c1-15-22(25(34)29-20-8-3-4-9-21(20)37-2)23(16-10-12-19(13-11-16)33(35)36)32-26(28-15)30-24(31-32)17-6-5-7-18(27)14-17/h3-14,23H,1-2H3,(H,29,34)(H,28,30,31). The third kappa shape index (κ3) is 4.62. The van der Waals surface area contributed by atoms with Crippen molar-refractivity contribution >= 4 is 34.8 Å². The SMILES string of the molecule is COc1ccccc1NC(=O)C1=C(C)Nc2nc(-c3cccc(Cl)c3)nn2C1c1ccc([N+](=O)[O-])cc1. The summed E-state index contributed by atoms with van der Waals surface area (Å²) in [4.78, 5) is 29.1. The van der Waals surface area contributed by atoms with Crippen LogP contribution in [0.25, 0.3) is 11.4 Å². The van der Waals surface area contributed by atoms with Gasteiger partial charge in [0.05, 0.1) is 23.3 Å². The maximum atomic E-state index is 13.7. The van der Waals surface area contributed by atoms with E-state index in [1.807, 2.05) is 6.07 Å². The Morgan fingerprint density at radius 1 is 1.14 bits per heavy atom.